The molecule has 3 aromatic rings. The zero-order chi connectivity index (χ0) is 22.5. The first-order valence-corrected chi connectivity index (χ1v) is 9.23. The SMILES string of the molecule is CCOC(=O)Cc1c(Oc2ccc(F)c(C(N)=NOC(C)=O)c2)c(F)cc2[nH]ccc12. The third kappa shape index (κ3) is 4.97. The number of H-pyrrole nitrogens is 1. The van der Waals surface area contributed by atoms with Crippen molar-refractivity contribution in [1.82, 2.24) is 4.98 Å². The predicted octanol–water partition coefficient (Wildman–Crippen LogP) is 3.53. The molecule has 8 nitrogen and oxygen atoms in total. The van der Waals surface area contributed by atoms with Crippen molar-refractivity contribution in [2.24, 2.45) is 10.9 Å². The second-order valence-electron chi connectivity index (χ2n) is 6.39. The number of amidine groups is 1. The van der Waals surface area contributed by atoms with Crippen LogP contribution in [0.1, 0.15) is 25.0 Å². The lowest BCUT2D eigenvalue weighted by atomic mass is 10.0. The number of rotatable bonds is 7. The van der Waals surface area contributed by atoms with Gasteiger partial charge in [-0.05, 0) is 31.2 Å². The summed E-state index contributed by atoms with van der Waals surface area (Å²) in [7, 11) is 0. The molecule has 0 saturated heterocycles. The van der Waals surface area contributed by atoms with Crippen molar-refractivity contribution >= 4 is 28.7 Å². The van der Waals surface area contributed by atoms with Crippen LogP contribution >= 0.6 is 0 Å². The zero-order valence-electron chi connectivity index (χ0n) is 16.7. The van der Waals surface area contributed by atoms with Crippen molar-refractivity contribution in [3.8, 4) is 11.5 Å². The molecule has 1 heterocycles. The molecule has 0 radical (unpaired) electrons. The van der Waals surface area contributed by atoms with Crippen molar-refractivity contribution in [3.63, 3.8) is 0 Å². The van der Waals surface area contributed by atoms with Gasteiger partial charge < -0.3 is 25.0 Å². The summed E-state index contributed by atoms with van der Waals surface area (Å²) in [4.78, 5) is 30.3. The number of benzene rings is 2. The second-order valence-corrected chi connectivity index (χ2v) is 6.39. The topological polar surface area (TPSA) is 116 Å². The van der Waals surface area contributed by atoms with E-state index in [9.17, 15) is 18.4 Å². The molecule has 10 heteroatoms. The predicted molar refractivity (Wildman–Crippen MR) is 108 cm³/mol. The highest BCUT2D eigenvalue weighted by atomic mass is 19.1. The lowest BCUT2D eigenvalue weighted by Gasteiger charge is -2.14. The van der Waals surface area contributed by atoms with E-state index in [0.717, 1.165) is 13.0 Å². The Balaban J connectivity index is 2.02. The van der Waals surface area contributed by atoms with E-state index in [1.807, 2.05) is 0 Å². The van der Waals surface area contributed by atoms with Crippen LogP contribution in [0.4, 0.5) is 8.78 Å². The van der Waals surface area contributed by atoms with Crippen LogP contribution in [0.25, 0.3) is 10.9 Å². The number of nitrogens with zero attached hydrogens (tertiary/aromatic N) is 1. The number of aromatic nitrogens is 1. The molecule has 0 saturated carbocycles. The molecule has 0 fully saturated rings. The molecule has 3 N–H and O–H groups in total. The van der Waals surface area contributed by atoms with E-state index < -0.39 is 29.4 Å². The molecule has 2 aromatic carbocycles. The Bertz CT molecular complexity index is 1170. The summed E-state index contributed by atoms with van der Waals surface area (Å²) in [5, 5.41) is 3.91. The number of nitrogens with two attached hydrogens (primary N) is 1. The molecule has 0 amide bonds. The van der Waals surface area contributed by atoms with Crippen molar-refractivity contribution in [1.29, 1.82) is 0 Å². The maximum absolute atomic E-state index is 14.9. The van der Waals surface area contributed by atoms with Crippen LogP contribution in [0, 0.1) is 11.6 Å². The molecule has 3 rings (SSSR count). The third-order valence-corrected chi connectivity index (χ3v) is 4.20. The summed E-state index contributed by atoms with van der Waals surface area (Å²) in [6.45, 7) is 2.94. The Morgan fingerprint density at radius 2 is 1.94 bits per heavy atom. The second kappa shape index (κ2) is 9.24. The number of aromatic amines is 1. The highest BCUT2D eigenvalue weighted by Gasteiger charge is 2.21. The minimum atomic E-state index is -0.756. The Labute approximate surface area is 175 Å². The van der Waals surface area contributed by atoms with Gasteiger partial charge >= 0.3 is 11.9 Å². The van der Waals surface area contributed by atoms with Crippen LogP contribution in [0.15, 0.2) is 41.7 Å². The Morgan fingerprint density at radius 1 is 1.16 bits per heavy atom. The van der Waals surface area contributed by atoms with E-state index in [0.29, 0.717) is 10.9 Å². The zero-order valence-corrected chi connectivity index (χ0v) is 16.7. The van der Waals surface area contributed by atoms with Gasteiger partial charge in [0, 0.05) is 35.7 Å². The van der Waals surface area contributed by atoms with Gasteiger partial charge in [0.25, 0.3) is 0 Å². The fourth-order valence-corrected chi connectivity index (χ4v) is 2.91. The van der Waals surface area contributed by atoms with Gasteiger partial charge in [0.1, 0.15) is 11.6 Å². The molecular weight excluding hydrogens is 412 g/mol. The van der Waals surface area contributed by atoms with Crippen LogP contribution in [0.5, 0.6) is 11.5 Å². The van der Waals surface area contributed by atoms with Crippen molar-refractivity contribution in [2.75, 3.05) is 6.61 Å². The van der Waals surface area contributed by atoms with Gasteiger partial charge in [0.15, 0.2) is 17.4 Å². The number of nitrogens with one attached hydrogen (secondary N) is 1. The third-order valence-electron chi connectivity index (χ3n) is 4.20. The molecule has 0 atom stereocenters. The number of halogens is 2. The van der Waals surface area contributed by atoms with E-state index in [-0.39, 0.29) is 35.7 Å². The van der Waals surface area contributed by atoms with E-state index in [1.54, 1.807) is 19.2 Å². The van der Waals surface area contributed by atoms with Crippen molar-refractivity contribution < 1.29 is 32.7 Å². The summed E-state index contributed by atoms with van der Waals surface area (Å²) in [5.74, 6) is -3.38. The Morgan fingerprint density at radius 3 is 2.65 bits per heavy atom. The quantitative estimate of drug-likeness (QED) is 0.194. The lowest BCUT2D eigenvalue weighted by Crippen LogP contribution is -2.16. The summed E-state index contributed by atoms with van der Waals surface area (Å²) in [6.07, 6.45) is 1.37. The summed E-state index contributed by atoms with van der Waals surface area (Å²) >= 11 is 0. The first-order valence-electron chi connectivity index (χ1n) is 9.23. The Kier molecular flexibility index (Phi) is 6.49. The highest BCUT2D eigenvalue weighted by molar-refractivity contribution is 5.98. The maximum Gasteiger partial charge on any atom is 0.332 e. The molecule has 31 heavy (non-hydrogen) atoms. The van der Waals surface area contributed by atoms with Gasteiger partial charge in [0.05, 0.1) is 18.6 Å². The number of fused-ring (bicyclic) bond motifs is 1. The van der Waals surface area contributed by atoms with E-state index in [4.69, 9.17) is 15.2 Å². The fourth-order valence-electron chi connectivity index (χ4n) is 2.91. The van der Waals surface area contributed by atoms with Crippen LogP contribution in [-0.4, -0.2) is 29.4 Å². The number of carbonyl (C=O) groups excluding carboxylic acids is 2. The summed E-state index contributed by atoms with van der Waals surface area (Å²) in [6, 6.07) is 6.37. The van der Waals surface area contributed by atoms with Crippen LogP contribution in [-0.2, 0) is 25.6 Å². The lowest BCUT2D eigenvalue weighted by molar-refractivity contribution is -0.142. The molecular formula is C21H19F2N3O5. The summed E-state index contributed by atoms with van der Waals surface area (Å²) < 4.78 is 39.7. The van der Waals surface area contributed by atoms with Gasteiger partial charge in [-0.15, -0.1) is 0 Å². The smallest absolute Gasteiger partial charge is 0.332 e. The van der Waals surface area contributed by atoms with Crippen LogP contribution in [0.3, 0.4) is 0 Å². The van der Waals surface area contributed by atoms with Crippen LogP contribution < -0.4 is 10.5 Å². The molecule has 0 aliphatic heterocycles. The first-order chi connectivity index (χ1) is 14.8. The van der Waals surface area contributed by atoms with E-state index >= 15 is 0 Å². The van der Waals surface area contributed by atoms with Crippen LogP contribution in [0.2, 0.25) is 0 Å². The van der Waals surface area contributed by atoms with Gasteiger partial charge in [-0.3, -0.25) is 4.79 Å². The van der Waals surface area contributed by atoms with E-state index in [2.05, 4.69) is 15.0 Å². The van der Waals surface area contributed by atoms with Gasteiger partial charge in [0.2, 0.25) is 0 Å². The molecule has 0 unspecified atom stereocenters. The van der Waals surface area contributed by atoms with Crippen molar-refractivity contribution in [3.05, 3.63) is 59.3 Å². The molecule has 0 aliphatic rings. The summed E-state index contributed by atoms with van der Waals surface area (Å²) in [5.41, 5.74) is 6.19. The normalized spacial score (nSPS) is 11.4. The number of ether oxygens (including phenoxy) is 2. The van der Waals surface area contributed by atoms with Gasteiger partial charge in [-0.2, -0.15) is 0 Å². The van der Waals surface area contributed by atoms with Gasteiger partial charge in [-0.25, -0.2) is 13.6 Å². The van der Waals surface area contributed by atoms with Crippen molar-refractivity contribution in [2.45, 2.75) is 20.3 Å². The van der Waals surface area contributed by atoms with Gasteiger partial charge in [-0.1, -0.05) is 5.16 Å². The molecule has 0 spiro atoms. The standard InChI is InChI=1S/C21H19F2N3O5/c1-3-29-19(28)9-14-13-6-7-25-18(13)10-17(23)20(14)30-12-4-5-16(22)15(8-12)21(24)26-31-11(2)27/h4-8,10,25H,3,9H2,1-2H3,(H2,24,26). The molecule has 0 aliphatic carbocycles. The largest absolute Gasteiger partial charge is 0.466 e. The number of hydrogen-bond donors (Lipinski definition) is 2. The monoisotopic (exact) mass is 431 g/mol. The minimum absolute atomic E-state index is 0.0243. The maximum atomic E-state index is 14.9. The average Bonchev–Trinajstić information content (AvgIpc) is 3.18. The highest BCUT2D eigenvalue weighted by Crippen LogP contribution is 2.35. The van der Waals surface area contributed by atoms with E-state index in [1.165, 1.54) is 18.2 Å². The Hall–Kier alpha value is -3.95. The number of oxime groups is 1. The molecule has 1 aromatic heterocycles. The number of esters is 1. The first kappa shape index (κ1) is 21.8. The minimum Gasteiger partial charge on any atom is -0.466 e. The molecule has 0 bridgehead atoms. The molecule has 162 valence electrons. The average molecular weight is 431 g/mol. The fraction of sp³-hybridized carbons (Fsp3) is 0.190. The number of hydrogen-bond acceptors (Lipinski definition) is 6. The number of carbonyl (C=O) groups is 2.